The van der Waals surface area contributed by atoms with Gasteiger partial charge >= 0.3 is 0 Å². The summed E-state index contributed by atoms with van der Waals surface area (Å²) in [5, 5.41) is 14.3. The highest BCUT2D eigenvalue weighted by atomic mass is 16.3. The minimum Gasteiger partial charge on any atom is -0.383 e. The van der Waals surface area contributed by atoms with Crippen molar-refractivity contribution in [2.75, 3.05) is 0 Å². The number of aromatic nitrogens is 3. The first-order chi connectivity index (χ1) is 12.1. The SMILES string of the molecule is C[C@H](NC(=O)c1cccc2[nH]ccc12)C(O)c1nc2ccccc2[nH]1. The molecule has 25 heavy (non-hydrogen) atoms. The summed E-state index contributed by atoms with van der Waals surface area (Å²) in [6.45, 7) is 1.76. The van der Waals surface area contributed by atoms with Crippen LogP contribution >= 0.6 is 0 Å². The molecule has 0 aliphatic carbocycles. The molecule has 1 amide bonds. The van der Waals surface area contributed by atoms with Crippen LogP contribution in [0.2, 0.25) is 0 Å². The summed E-state index contributed by atoms with van der Waals surface area (Å²) >= 11 is 0. The summed E-state index contributed by atoms with van der Waals surface area (Å²) in [5.74, 6) is 0.210. The van der Waals surface area contributed by atoms with Gasteiger partial charge in [-0.05, 0) is 37.3 Å². The van der Waals surface area contributed by atoms with E-state index in [9.17, 15) is 9.90 Å². The number of fused-ring (bicyclic) bond motifs is 2. The van der Waals surface area contributed by atoms with E-state index in [0.29, 0.717) is 11.4 Å². The van der Waals surface area contributed by atoms with Crippen molar-refractivity contribution in [3.05, 3.63) is 66.1 Å². The number of carbonyl (C=O) groups excluding carboxylic acids is 1. The molecule has 2 aromatic heterocycles. The average molecular weight is 334 g/mol. The molecule has 0 aliphatic heterocycles. The molecule has 126 valence electrons. The Morgan fingerprint density at radius 3 is 2.76 bits per heavy atom. The number of carbonyl (C=O) groups is 1. The molecule has 0 spiro atoms. The highest BCUT2D eigenvalue weighted by Crippen LogP contribution is 2.20. The van der Waals surface area contributed by atoms with E-state index < -0.39 is 12.1 Å². The molecule has 6 nitrogen and oxygen atoms in total. The van der Waals surface area contributed by atoms with Gasteiger partial charge in [-0.1, -0.05) is 18.2 Å². The number of nitrogens with zero attached hydrogens (tertiary/aromatic N) is 1. The molecule has 1 unspecified atom stereocenters. The number of hydrogen-bond donors (Lipinski definition) is 4. The van der Waals surface area contributed by atoms with Crippen LogP contribution in [-0.2, 0) is 0 Å². The fourth-order valence-corrected chi connectivity index (χ4v) is 3.00. The Hall–Kier alpha value is -3.12. The monoisotopic (exact) mass is 334 g/mol. The normalized spacial score (nSPS) is 13.8. The lowest BCUT2D eigenvalue weighted by atomic mass is 10.1. The van der Waals surface area contributed by atoms with E-state index in [4.69, 9.17) is 0 Å². The summed E-state index contributed by atoms with van der Waals surface area (Å²) in [6.07, 6.45) is 0.871. The van der Waals surface area contributed by atoms with Crippen molar-refractivity contribution >= 4 is 27.8 Å². The van der Waals surface area contributed by atoms with Crippen LogP contribution in [0, 0.1) is 0 Å². The van der Waals surface area contributed by atoms with Gasteiger partial charge in [0.1, 0.15) is 11.9 Å². The molecule has 0 aliphatic rings. The second-order valence-corrected chi connectivity index (χ2v) is 6.09. The van der Waals surface area contributed by atoms with E-state index in [0.717, 1.165) is 21.9 Å². The number of imidazole rings is 1. The molecule has 2 aromatic carbocycles. The molecule has 0 fully saturated rings. The lowest BCUT2D eigenvalue weighted by molar-refractivity contribution is 0.0841. The number of rotatable bonds is 4. The van der Waals surface area contributed by atoms with Crippen LogP contribution in [0.1, 0.15) is 29.2 Å². The molecule has 4 rings (SSSR count). The number of nitrogens with one attached hydrogen (secondary N) is 3. The van der Waals surface area contributed by atoms with Gasteiger partial charge in [-0.15, -0.1) is 0 Å². The maximum Gasteiger partial charge on any atom is 0.252 e. The van der Waals surface area contributed by atoms with E-state index in [1.807, 2.05) is 42.5 Å². The summed E-state index contributed by atoms with van der Waals surface area (Å²) in [7, 11) is 0. The van der Waals surface area contributed by atoms with Gasteiger partial charge < -0.3 is 20.4 Å². The maximum absolute atomic E-state index is 12.6. The van der Waals surface area contributed by atoms with Gasteiger partial charge in [0.15, 0.2) is 0 Å². The molecule has 4 N–H and O–H groups in total. The van der Waals surface area contributed by atoms with Gasteiger partial charge in [-0.2, -0.15) is 0 Å². The summed E-state index contributed by atoms with van der Waals surface area (Å²) in [5.41, 5.74) is 3.11. The number of aromatic amines is 2. The first-order valence-electron chi connectivity index (χ1n) is 8.13. The number of aliphatic hydroxyl groups excluding tert-OH is 1. The molecule has 6 heteroatoms. The minimum atomic E-state index is -0.929. The summed E-state index contributed by atoms with van der Waals surface area (Å²) in [4.78, 5) is 23.2. The molecule has 0 bridgehead atoms. The van der Waals surface area contributed by atoms with Crippen molar-refractivity contribution in [3.8, 4) is 0 Å². The smallest absolute Gasteiger partial charge is 0.252 e. The van der Waals surface area contributed by atoms with E-state index in [1.165, 1.54) is 0 Å². The Morgan fingerprint density at radius 1 is 1.12 bits per heavy atom. The first-order valence-corrected chi connectivity index (χ1v) is 8.13. The van der Waals surface area contributed by atoms with Gasteiger partial charge in [0.2, 0.25) is 0 Å². The second kappa shape index (κ2) is 6.07. The highest BCUT2D eigenvalue weighted by molar-refractivity contribution is 6.06. The standard InChI is InChI=1S/C19H18N4O2/c1-11(17(24)18-22-15-6-2-3-7-16(15)23-18)21-19(25)13-5-4-8-14-12(13)9-10-20-14/h2-11,17,20,24H,1H3,(H,21,25)(H,22,23)/t11-,17?/m0/s1. The molecule has 0 saturated carbocycles. The Labute approximate surface area is 143 Å². The number of para-hydroxylation sites is 2. The highest BCUT2D eigenvalue weighted by Gasteiger charge is 2.22. The number of benzene rings is 2. The molecule has 0 saturated heterocycles. The first kappa shape index (κ1) is 15.4. The third kappa shape index (κ3) is 2.77. The fraction of sp³-hybridized carbons (Fsp3) is 0.158. The fourth-order valence-electron chi connectivity index (χ4n) is 3.00. The topological polar surface area (TPSA) is 93.8 Å². The van der Waals surface area contributed by atoms with Crippen molar-refractivity contribution < 1.29 is 9.90 Å². The van der Waals surface area contributed by atoms with Gasteiger partial charge in [0, 0.05) is 22.7 Å². The predicted molar refractivity (Wildman–Crippen MR) is 96.3 cm³/mol. The van der Waals surface area contributed by atoms with E-state index in [-0.39, 0.29) is 5.91 Å². The van der Waals surface area contributed by atoms with Crippen LogP contribution in [0.4, 0.5) is 0 Å². The van der Waals surface area contributed by atoms with Crippen LogP contribution in [0.15, 0.2) is 54.7 Å². The number of aliphatic hydroxyl groups is 1. The van der Waals surface area contributed by atoms with Gasteiger partial charge in [0.05, 0.1) is 17.1 Å². The van der Waals surface area contributed by atoms with Crippen molar-refractivity contribution in [2.45, 2.75) is 19.1 Å². The van der Waals surface area contributed by atoms with Crippen LogP contribution in [0.3, 0.4) is 0 Å². The summed E-state index contributed by atoms with van der Waals surface area (Å²) < 4.78 is 0. The lowest BCUT2D eigenvalue weighted by Gasteiger charge is -2.19. The molecular formula is C19H18N4O2. The molecular weight excluding hydrogens is 316 g/mol. The molecule has 2 heterocycles. The van der Waals surface area contributed by atoms with Crippen molar-refractivity contribution in [2.24, 2.45) is 0 Å². The van der Waals surface area contributed by atoms with Gasteiger partial charge in [-0.25, -0.2) is 4.98 Å². The van der Waals surface area contributed by atoms with Crippen LogP contribution in [-0.4, -0.2) is 32.0 Å². The zero-order valence-corrected chi connectivity index (χ0v) is 13.7. The Morgan fingerprint density at radius 2 is 1.92 bits per heavy atom. The third-order valence-electron chi connectivity index (χ3n) is 4.36. The Kier molecular flexibility index (Phi) is 3.74. The Balaban J connectivity index is 1.55. The largest absolute Gasteiger partial charge is 0.383 e. The minimum absolute atomic E-state index is 0.229. The maximum atomic E-state index is 12.6. The zero-order valence-electron chi connectivity index (χ0n) is 13.7. The summed E-state index contributed by atoms with van der Waals surface area (Å²) in [6, 6.07) is 14.4. The predicted octanol–water partition coefficient (Wildman–Crippen LogP) is 2.90. The van der Waals surface area contributed by atoms with E-state index in [2.05, 4.69) is 20.3 Å². The second-order valence-electron chi connectivity index (χ2n) is 6.09. The Bertz CT molecular complexity index is 1020. The van der Waals surface area contributed by atoms with Gasteiger partial charge in [0.25, 0.3) is 5.91 Å². The number of amides is 1. The van der Waals surface area contributed by atoms with Crippen molar-refractivity contribution in [1.82, 2.24) is 20.3 Å². The van der Waals surface area contributed by atoms with Crippen molar-refractivity contribution in [1.29, 1.82) is 0 Å². The van der Waals surface area contributed by atoms with E-state index in [1.54, 1.807) is 19.2 Å². The lowest BCUT2D eigenvalue weighted by Crippen LogP contribution is -2.37. The number of H-pyrrole nitrogens is 2. The quantitative estimate of drug-likeness (QED) is 0.462. The van der Waals surface area contributed by atoms with Crippen LogP contribution in [0.25, 0.3) is 21.9 Å². The van der Waals surface area contributed by atoms with Crippen LogP contribution < -0.4 is 5.32 Å². The average Bonchev–Trinajstić information content (AvgIpc) is 3.26. The van der Waals surface area contributed by atoms with Crippen LogP contribution in [0.5, 0.6) is 0 Å². The third-order valence-corrected chi connectivity index (χ3v) is 4.36. The number of hydrogen-bond acceptors (Lipinski definition) is 3. The van der Waals surface area contributed by atoms with Gasteiger partial charge in [-0.3, -0.25) is 4.79 Å². The molecule has 4 aromatic rings. The molecule has 0 radical (unpaired) electrons. The molecule has 2 atom stereocenters. The zero-order chi connectivity index (χ0) is 17.4. The van der Waals surface area contributed by atoms with E-state index >= 15 is 0 Å². The van der Waals surface area contributed by atoms with Crippen molar-refractivity contribution in [3.63, 3.8) is 0 Å².